The van der Waals surface area contributed by atoms with E-state index < -0.39 is 10.0 Å². The second-order valence-electron chi connectivity index (χ2n) is 3.27. The molecule has 1 aromatic carbocycles. The number of anilines is 1. The summed E-state index contributed by atoms with van der Waals surface area (Å²) in [4.78, 5) is 0. The Kier molecular flexibility index (Phi) is 5.34. The molecule has 0 spiro atoms. The van der Waals surface area contributed by atoms with Crippen LogP contribution in [-0.4, -0.2) is 27.8 Å². The van der Waals surface area contributed by atoms with Crippen molar-refractivity contribution in [2.24, 2.45) is 0 Å². The van der Waals surface area contributed by atoms with Crippen LogP contribution in [0.5, 0.6) is 0 Å². The average Bonchev–Trinajstić information content (AvgIpc) is 2.23. The van der Waals surface area contributed by atoms with E-state index in [4.69, 9.17) is 34.8 Å². The molecule has 0 aliphatic carbocycles. The lowest BCUT2D eigenvalue weighted by Crippen LogP contribution is -2.24. The minimum Gasteiger partial charge on any atom is -0.319 e. The number of benzene rings is 1. The quantitative estimate of drug-likeness (QED) is 0.821. The first kappa shape index (κ1) is 14.9. The van der Waals surface area contributed by atoms with Crippen LogP contribution in [0, 0.1) is 0 Å². The van der Waals surface area contributed by atoms with Gasteiger partial charge in [0.15, 0.2) is 0 Å². The molecule has 0 amide bonds. The van der Waals surface area contributed by atoms with Crippen LogP contribution in [0.2, 0.25) is 15.1 Å². The maximum atomic E-state index is 11.6. The third kappa shape index (κ3) is 4.52. The van der Waals surface area contributed by atoms with Crippen LogP contribution in [0.4, 0.5) is 5.69 Å². The van der Waals surface area contributed by atoms with Gasteiger partial charge < -0.3 is 5.32 Å². The Hall–Kier alpha value is -0.200. The third-order valence-corrected chi connectivity index (χ3v) is 4.20. The molecule has 8 heteroatoms. The second kappa shape index (κ2) is 6.11. The molecule has 17 heavy (non-hydrogen) atoms. The molecule has 0 aliphatic heterocycles. The van der Waals surface area contributed by atoms with Crippen molar-refractivity contribution in [2.75, 3.05) is 24.1 Å². The van der Waals surface area contributed by atoms with Crippen molar-refractivity contribution in [1.82, 2.24) is 5.32 Å². The van der Waals surface area contributed by atoms with Crippen molar-refractivity contribution >= 4 is 50.5 Å². The van der Waals surface area contributed by atoms with E-state index in [1.165, 1.54) is 12.1 Å². The van der Waals surface area contributed by atoms with Gasteiger partial charge in [0.25, 0.3) is 0 Å². The molecule has 0 unspecified atom stereocenters. The first-order chi connectivity index (χ1) is 7.85. The van der Waals surface area contributed by atoms with Gasteiger partial charge in [0.1, 0.15) is 0 Å². The summed E-state index contributed by atoms with van der Waals surface area (Å²) in [5.74, 6) is -0.0555. The van der Waals surface area contributed by atoms with Crippen LogP contribution in [-0.2, 0) is 10.0 Å². The fourth-order valence-electron chi connectivity index (χ4n) is 1.06. The maximum Gasteiger partial charge on any atom is 0.234 e. The minimum absolute atomic E-state index is 0.0555. The number of hydrogen-bond donors (Lipinski definition) is 2. The Morgan fingerprint density at radius 3 is 2.29 bits per heavy atom. The van der Waals surface area contributed by atoms with E-state index in [1.54, 1.807) is 7.05 Å². The molecule has 0 aliphatic rings. The summed E-state index contributed by atoms with van der Waals surface area (Å²) in [6.45, 7) is 0.342. The van der Waals surface area contributed by atoms with E-state index in [1.807, 2.05) is 0 Å². The summed E-state index contributed by atoms with van der Waals surface area (Å²) >= 11 is 17.4. The Morgan fingerprint density at radius 2 is 1.71 bits per heavy atom. The van der Waals surface area contributed by atoms with Gasteiger partial charge in [-0.2, -0.15) is 0 Å². The summed E-state index contributed by atoms with van der Waals surface area (Å²) < 4.78 is 25.6. The number of sulfonamides is 1. The molecule has 0 atom stereocenters. The minimum atomic E-state index is -3.45. The van der Waals surface area contributed by atoms with Crippen LogP contribution in [0.3, 0.4) is 0 Å². The fourth-order valence-corrected chi connectivity index (χ4v) is 2.78. The smallest absolute Gasteiger partial charge is 0.234 e. The molecule has 1 rings (SSSR count). The first-order valence-electron chi connectivity index (χ1n) is 4.65. The van der Waals surface area contributed by atoms with Crippen LogP contribution in [0.25, 0.3) is 0 Å². The molecule has 96 valence electrons. The molecular weight excluding hydrogens is 307 g/mol. The first-order valence-corrected chi connectivity index (χ1v) is 7.44. The number of halogens is 3. The predicted octanol–water partition coefficient (Wildman–Crippen LogP) is 2.61. The standard InChI is InChI=1S/C9H11Cl3N2O2S/c1-13-2-3-17(15,16)14-9-5-7(11)6(10)4-8(9)12/h4-5,13-14H,2-3H2,1H3. The second-order valence-corrected chi connectivity index (χ2v) is 6.33. The van der Waals surface area contributed by atoms with Gasteiger partial charge in [-0.25, -0.2) is 8.42 Å². The van der Waals surface area contributed by atoms with Crippen molar-refractivity contribution in [2.45, 2.75) is 0 Å². The van der Waals surface area contributed by atoms with E-state index in [0.29, 0.717) is 6.54 Å². The lowest BCUT2D eigenvalue weighted by Gasteiger charge is -2.10. The van der Waals surface area contributed by atoms with Gasteiger partial charge in [0, 0.05) is 6.54 Å². The predicted molar refractivity (Wildman–Crippen MR) is 72.8 cm³/mol. The summed E-state index contributed by atoms with van der Waals surface area (Å²) in [6, 6.07) is 2.77. The van der Waals surface area contributed by atoms with Gasteiger partial charge in [0.2, 0.25) is 10.0 Å². The molecule has 4 nitrogen and oxygen atoms in total. The molecule has 0 radical (unpaired) electrons. The van der Waals surface area contributed by atoms with Crippen molar-refractivity contribution in [3.8, 4) is 0 Å². The van der Waals surface area contributed by atoms with E-state index in [2.05, 4.69) is 10.0 Å². The number of rotatable bonds is 5. The van der Waals surface area contributed by atoms with Crippen LogP contribution in [0.15, 0.2) is 12.1 Å². The van der Waals surface area contributed by atoms with Crippen molar-refractivity contribution in [3.63, 3.8) is 0 Å². The highest BCUT2D eigenvalue weighted by molar-refractivity contribution is 7.92. The average molecular weight is 318 g/mol. The fraction of sp³-hybridized carbons (Fsp3) is 0.333. The van der Waals surface area contributed by atoms with Crippen LogP contribution < -0.4 is 10.0 Å². The molecular formula is C9H11Cl3N2O2S. The van der Waals surface area contributed by atoms with E-state index in [9.17, 15) is 8.42 Å². The van der Waals surface area contributed by atoms with Crippen LogP contribution >= 0.6 is 34.8 Å². The van der Waals surface area contributed by atoms with Gasteiger partial charge in [-0.15, -0.1) is 0 Å². The molecule has 0 heterocycles. The normalized spacial score (nSPS) is 11.5. The van der Waals surface area contributed by atoms with E-state index in [0.717, 1.165) is 0 Å². The zero-order chi connectivity index (χ0) is 13.1. The molecule has 0 aromatic heterocycles. The zero-order valence-electron chi connectivity index (χ0n) is 8.93. The molecule has 0 saturated carbocycles. The number of hydrogen-bond acceptors (Lipinski definition) is 3. The summed E-state index contributed by atoms with van der Waals surface area (Å²) in [5.41, 5.74) is 0.220. The number of nitrogens with one attached hydrogen (secondary N) is 2. The Morgan fingerprint density at radius 1 is 1.12 bits per heavy atom. The highest BCUT2D eigenvalue weighted by Gasteiger charge is 2.13. The summed E-state index contributed by atoms with van der Waals surface area (Å²) in [7, 11) is -1.78. The monoisotopic (exact) mass is 316 g/mol. The van der Waals surface area contributed by atoms with Crippen LogP contribution in [0.1, 0.15) is 0 Å². The molecule has 0 bridgehead atoms. The molecule has 1 aromatic rings. The topological polar surface area (TPSA) is 58.2 Å². The van der Waals surface area contributed by atoms with Crippen molar-refractivity contribution in [3.05, 3.63) is 27.2 Å². The Balaban J connectivity index is 2.92. The SMILES string of the molecule is CNCCS(=O)(=O)Nc1cc(Cl)c(Cl)cc1Cl. The van der Waals surface area contributed by atoms with E-state index >= 15 is 0 Å². The van der Waals surface area contributed by atoms with E-state index in [-0.39, 0.29) is 26.5 Å². The molecule has 0 saturated heterocycles. The summed E-state index contributed by atoms with van der Waals surface area (Å²) in [6.07, 6.45) is 0. The van der Waals surface area contributed by atoms with Gasteiger partial charge in [0.05, 0.1) is 26.5 Å². The highest BCUT2D eigenvalue weighted by atomic mass is 35.5. The lowest BCUT2D eigenvalue weighted by atomic mass is 10.3. The summed E-state index contributed by atoms with van der Waals surface area (Å²) in [5, 5.41) is 3.46. The van der Waals surface area contributed by atoms with Crippen molar-refractivity contribution in [1.29, 1.82) is 0 Å². The Labute approximate surface area is 115 Å². The lowest BCUT2D eigenvalue weighted by molar-refractivity contribution is 0.599. The van der Waals surface area contributed by atoms with Gasteiger partial charge >= 0.3 is 0 Å². The van der Waals surface area contributed by atoms with Gasteiger partial charge in [-0.05, 0) is 19.2 Å². The maximum absolute atomic E-state index is 11.6. The zero-order valence-corrected chi connectivity index (χ0v) is 12.0. The van der Waals surface area contributed by atoms with Gasteiger partial charge in [-0.1, -0.05) is 34.8 Å². The highest BCUT2D eigenvalue weighted by Crippen LogP contribution is 2.32. The Bertz CT molecular complexity index is 505. The molecule has 0 fully saturated rings. The largest absolute Gasteiger partial charge is 0.319 e. The third-order valence-electron chi connectivity index (χ3n) is 1.90. The van der Waals surface area contributed by atoms with Gasteiger partial charge in [-0.3, -0.25) is 4.72 Å². The van der Waals surface area contributed by atoms with Crippen molar-refractivity contribution < 1.29 is 8.42 Å². The molecule has 2 N–H and O–H groups in total.